The first-order valence-corrected chi connectivity index (χ1v) is 9.92. The van der Waals surface area contributed by atoms with E-state index in [9.17, 15) is 0 Å². The van der Waals surface area contributed by atoms with Crippen LogP contribution < -0.4 is 0 Å². The molecule has 1 aromatic carbocycles. The molecule has 0 spiro atoms. The second-order valence-electron chi connectivity index (χ2n) is 6.68. The van der Waals surface area contributed by atoms with Crippen LogP contribution >= 0.6 is 11.3 Å². The Hall–Kier alpha value is -2.83. The number of hydrogen-bond acceptors (Lipinski definition) is 5. The molecule has 4 heterocycles. The highest BCUT2D eigenvalue weighted by atomic mass is 32.1. The van der Waals surface area contributed by atoms with Crippen LogP contribution in [0.3, 0.4) is 0 Å². The Bertz CT molecular complexity index is 1020. The molecule has 0 radical (unpaired) electrons. The maximum Gasteiger partial charge on any atom is 0.123 e. The predicted molar refractivity (Wildman–Crippen MR) is 106 cm³/mol. The van der Waals surface area contributed by atoms with Crippen LogP contribution in [-0.4, -0.2) is 31.4 Å². The number of imidazole rings is 1. The largest absolute Gasteiger partial charge is 0.348 e. The third-order valence-electron chi connectivity index (χ3n) is 4.98. The zero-order valence-electron chi connectivity index (χ0n) is 14.7. The standard InChI is InChI=1S/C21H19N5S/c1-2-4-16(5-3-1)21-25-17(13-27-21)12-26-11-8-18-19(24-14-23-18)20(26)15-6-9-22-10-7-15/h1-7,9-10,13-14,20H,8,11-12H2,(H,23,24)/t20-/m1/s1. The monoisotopic (exact) mass is 373 g/mol. The summed E-state index contributed by atoms with van der Waals surface area (Å²) in [6.07, 6.45) is 6.49. The van der Waals surface area contributed by atoms with Gasteiger partial charge in [-0.1, -0.05) is 30.3 Å². The number of aromatic nitrogens is 4. The highest BCUT2D eigenvalue weighted by Gasteiger charge is 2.31. The van der Waals surface area contributed by atoms with Crippen molar-refractivity contribution < 1.29 is 0 Å². The number of benzene rings is 1. The van der Waals surface area contributed by atoms with Crippen molar-refractivity contribution in [1.29, 1.82) is 0 Å². The van der Waals surface area contributed by atoms with Crippen LogP contribution in [0.2, 0.25) is 0 Å². The summed E-state index contributed by atoms with van der Waals surface area (Å²) in [4.78, 5) is 19.4. The van der Waals surface area contributed by atoms with Crippen molar-refractivity contribution >= 4 is 11.3 Å². The smallest absolute Gasteiger partial charge is 0.123 e. The first-order chi connectivity index (χ1) is 13.4. The average molecular weight is 373 g/mol. The molecule has 3 aromatic heterocycles. The Balaban J connectivity index is 1.45. The number of aromatic amines is 1. The van der Waals surface area contributed by atoms with Crippen LogP contribution in [0.5, 0.6) is 0 Å². The van der Waals surface area contributed by atoms with Crippen molar-refractivity contribution in [3.63, 3.8) is 0 Å². The van der Waals surface area contributed by atoms with Crippen molar-refractivity contribution in [1.82, 2.24) is 24.8 Å². The summed E-state index contributed by atoms with van der Waals surface area (Å²) < 4.78 is 0. The maximum atomic E-state index is 4.88. The number of thiazole rings is 1. The van der Waals surface area contributed by atoms with E-state index in [-0.39, 0.29) is 6.04 Å². The average Bonchev–Trinajstić information content (AvgIpc) is 3.39. The molecule has 1 atom stereocenters. The van der Waals surface area contributed by atoms with E-state index >= 15 is 0 Å². The Morgan fingerprint density at radius 1 is 1.11 bits per heavy atom. The van der Waals surface area contributed by atoms with Crippen LogP contribution in [0.15, 0.2) is 66.6 Å². The molecule has 0 bridgehead atoms. The lowest BCUT2D eigenvalue weighted by atomic mass is 9.96. The van der Waals surface area contributed by atoms with E-state index in [0.717, 1.165) is 35.9 Å². The molecule has 134 valence electrons. The molecule has 1 N–H and O–H groups in total. The van der Waals surface area contributed by atoms with Crippen LogP contribution in [-0.2, 0) is 13.0 Å². The van der Waals surface area contributed by atoms with Crippen LogP contribution in [0.25, 0.3) is 10.6 Å². The van der Waals surface area contributed by atoms with Crippen LogP contribution in [0, 0.1) is 0 Å². The van der Waals surface area contributed by atoms with E-state index in [1.807, 2.05) is 18.5 Å². The Morgan fingerprint density at radius 3 is 2.81 bits per heavy atom. The van der Waals surface area contributed by atoms with Gasteiger partial charge >= 0.3 is 0 Å². The van der Waals surface area contributed by atoms with Gasteiger partial charge in [-0.2, -0.15) is 0 Å². The molecule has 5 nitrogen and oxygen atoms in total. The summed E-state index contributed by atoms with van der Waals surface area (Å²) in [5.74, 6) is 0. The van der Waals surface area contributed by atoms with Gasteiger partial charge in [-0.3, -0.25) is 9.88 Å². The van der Waals surface area contributed by atoms with Crippen LogP contribution in [0.4, 0.5) is 0 Å². The fourth-order valence-electron chi connectivity index (χ4n) is 3.71. The normalized spacial score (nSPS) is 17.0. The number of nitrogens with zero attached hydrogens (tertiary/aromatic N) is 4. The molecule has 1 aliphatic heterocycles. The molecular formula is C21H19N5S. The Kier molecular flexibility index (Phi) is 4.27. The molecule has 0 aliphatic carbocycles. The molecule has 0 saturated carbocycles. The predicted octanol–water partition coefficient (Wildman–Crippen LogP) is 4.08. The van der Waals surface area contributed by atoms with E-state index in [0.29, 0.717) is 0 Å². The van der Waals surface area contributed by atoms with Gasteiger partial charge in [0, 0.05) is 48.5 Å². The van der Waals surface area contributed by atoms with E-state index < -0.39 is 0 Å². The van der Waals surface area contributed by atoms with E-state index in [4.69, 9.17) is 4.98 Å². The van der Waals surface area contributed by atoms with Gasteiger partial charge in [0.2, 0.25) is 0 Å². The van der Waals surface area contributed by atoms with Crippen molar-refractivity contribution in [2.24, 2.45) is 0 Å². The number of hydrogen-bond donors (Lipinski definition) is 1. The summed E-state index contributed by atoms with van der Waals surface area (Å²) in [6, 6.07) is 14.7. The third kappa shape index (κ3) is 3.18. The summed E-state index contributed by atoms with van der Waals surface area (Å²) in [6.45, 7) is 1.78. The second kappa shape index (κ2) is 7.06. The summed E-state index contributed by atoms with van der Waals surface area (Å²) in [5.41, 5.74) is 5.85. The number of fused-ring (bicyclic) bond motifs is 1. The van der Waals surface area contributed by atoms with Gasteiger partial charge in [0.25, 0.3) is 0 Å². The van der Waals surface area contributed by atoms with E-state index in [1.165, 1.54) is 16.8 Å². The first kappa shape index (κ1) is 16.4. The Labute approximate surface area is 161 Å². The van der Waals surface area contributed by atoms with Gasteiger partial charge in [-0.05, 0) is 17.7 Å². The lowest BCUT2D eigenvalue weighted by Gasteiger charge is -2.34. The van der Waals surface area contributed by atoms with Gasteiger partial charge in [0.05, 0.1) is 23.8 Å². The molecule has 4 aromatic rings. The quantitative estimate of drug-likeness (QED) is 0.586. The number of nitrogens with one attached hydrogen (secondary N) is 1. The first-order valence-electron chi connectivity index (χ1n) is 9.04. The van der Waals surface area contributed by atoms with Gasteiger partial charge < -0.3 is 4.98 Å². The summed E-state index contributed by atoms with van der Waals surface area (Å²) in [5, 5.41) is 3.25. The minimum absolute atomic E-state index is 0.130. The minimum atomic E-state index is 0.130. The lowest BCUT2D eigenvalue weighted by Crippen LogP contribution is -2.36. The van der Waals surface area contributed by atoms with Crippen molar-refractivity contribution in [2.45, 2.75) is 19.0 Å². The molecule has 0 saturated heterocycles. The molecule has 5 rings (SSSR count). The van der Waals surface area contributed by atoms with Gasteiger partial charge in [0.1, 0.15) is 5.01 Å². The molecular weight excluding hydrogens is 354 g/mol. The number of pyridine rings is 1. The third-order valence-corrected chi connectivity index (χ3v) is 5.92. The molecule has 27 heavy (non-hydrogen) atoms. The molecule has 6 heteroatoms. The SMILES string of the molecule is c1ccc(-c2nc(CN3CCc4[nH]cnc4[C@H]3c3ccncc3)cs2)cc1. The summed E-state index contributed by atoms with van der Waals surface area (Å²) >= 11 is 1.71. The fourth-order valence-corrected chi connectivity index (χ4v) is 4.53. The highest BCUT2D eigenvalue weighted by Crippen LogP contribution is 2.34. The highest BCUT2D eigenvalue weighted by molar-refractivity contribution is 7.13. The maximum absolute atomic E-state index is 4.88. The molecule has 0 fully saturated rings. The summed E-state index contributed by atoms with van der Waals surface area (Å²) in [7, 11) is 0. The zero-order chi connectivity index (χ0) is 18.1. The van der Waals surface area contributed by atoms with E-state index in [1.54, 1.807) is 17.7 Å². The van der Waals surface area contributed by atoms with Gasteiger partial charge in [-0.15, -0.1) is 11.3 Å². The van der Waals surface area contributed by atoms with Crippen molar-refractivity contribution in [3.05, 3.63) is 89.2 Å². The zero-order valence-corrected chi connectivity index (χ0v) is 15.6. The van der Waals surface area contributed by atoms with Crippen molar-refractivity contribution in [3.8, 4) is 10.6 Å². The topological polar surface area (TPSA) is 57.7 Å². The fraction of sp³-hybridized carbons (Fsp3) is 0.190. The van der Waals surface area contributed by atoms with Crippen LogP contribution in [0.1, 0.15) is 28.7 Å². The second-order valence-corrected chi connectivity index (χ2v) is 7.54. The van der Waals surface area contributed by atoms with Crippen molar-refractivity contribution in [2.75, 3.05) is 6.54 Å². The molecule has 0 unspecified atom stereocenters. The minimum Gasteiger partial charge on any atom is -0.348 e. The number of rotatable bonds is 4. The molecule has 0 amide bonds. The molecule has 1 aliphatic rings. The van der Waals surface area contributed by atoms with Gasteiger partial charge in [-0.25, -0.2) is 9.97 Å². The van der Waals surface area contributed by atoms with Gasteiger partial charge in [0.15, 0.2) is 0 Å². The Morgan fingerprint density at radius 2 is 1.96 bits per heavy atom. The van der Waals surface area contributed by atoms with E-state index in [2.05, 4.69) is 61.6 Å². The number of H-pyrrole nitrogens is 1. The lowest BCUT2D eigenvalue weighted by molar-refractivity contribution is 0.198.